The highest BCUT2D eigenvalue weighted by atomic mass is 35.7. The number of halogens is 1. The van der Waals surface area contributed by atoms with Gasteiger partial charge in [-0.15, -0.1) is 0 Å². The van der Waals surface area contributed by atoms with Gasteiger partial charge in [0.2, 0.25) is 0 Å². The van der Waals surface area contributed by atoms with E-state index in [1.807, 2.05) is 0 Å². The number of hydrogen-bond acceptors (Lipinski definition) is 5. The van der Waals surface area contributed by atoms with Crippen LogP contribution in [-0.4, -0.2) is 29.7 Å². The Balaban J connectivity index is 2.24. The molecule has 100 valence electrons. The minimum atomic E-state index is -3.79. The van der Waals surface area contributed by atoms with Crippen molar-refractivity contribution in [2.75, 3.05) is 5.32 Å². The summed E-state index contributed by atoms with van der Waals surface area (Å²) in [6, 6.07) is 4.28. The first-order valence-corrected chi connectivity index (χ1v) is 7.41. The van der Waals surface area contributed by atoms with Gasteiger partial charge in [-0.05, 0) is 30.7 Å². The molecule has 2 aromatic rings. The molecule has 0 fully saturated rings. The maximum atomic E-state index is 11.7. The fourth-order valence-electron chi connectivity index (χ4n) is 1.51. The normalized spacial score (nSPS) is 11.3. The van der Waals surface area contributed by atoms with Crippen LogP contribution in [0, 0.1) is 6.92 Å². The number of H-pyrrole nitrogens is 1. The molecule has 0 radical (unpaired) electrons. The van der Waals surface area contributed by atoms with Crippen molar-refractivity contribution < 1.29 is 13.2 Å². The lowest BCUT2D eigenvalue weighted by atomic mass is 10.2. The maximum Gasteiger partial charge on any atom is 0.277 e. The Morgan fingerprint density at radius 1 is 1.42 bits per heavy atom. The Bertz CT molecular complexity index is 712. The number of rotatable bonds is 3. The average Bonchev–Trinajstić information content (AvgIpc) is 2.80. The number of carbonyl (C=O) groups excluding carboxylic acids is 1. The standard InChI is InChI=1S/C10H9ClN4O3S/c1-6-4-7(2-3-9(6)19(11,17)18)13-10(16)8-5-12-15-14-8/h2-5H,1H3,(H,13,16)(H,12,14,15). The van der Waals surface area contributed by atoms with Crippen LogP contribution < -0.4 is 5.32 Å². The molecule has 0 bridgehead atoms. The third-order valence-electron chi connectivity index (χ3n) is 2.34. The number of aromatic nitrogens is 3. The van der Waals surface area contributed by atoms with E-state index in [-0.39, 0.29) is 10.6 Å². The highest BCUT2D eigenvalue weighted by molar-refractivity contribution is 8.13. The van der Waals surface area contributed by atoms with E-state index in [0.29, 0.717) is 11.3 Å². The smallest absolute Gasteiger partial charge is 0.277 e. The molecule has 0 saturated carbocycles. The van der Waals surface area contributed by atoms with E-state index in [4.69, 9.17) is 10.7 Å². The van der Waals surface area contributed by atoms with Gasteiger partial charge >= 0.3 is 0 Å². The van der Waals surface area contributed by atoms with Crippen LogP contribution in [0.4, 0.5) is 5.69 Å². The lowest BCUT2D eigenvalue weighted by Gasteiger charge is -2.06. The third kappa shape index (κ3) is 3.09. The fourth-order valence-corrected chi connectivity index (χ4v) is 2.70. The molecule has 1 aromatic carbocycles. The molecule has 7 nitrogen and oxygen atoms in total. The van der Waals surface area contributed by atoms with Gasteiger partial charge in [-0.25, -0.2) is 8.42 Å². The molecule has 0 aliphatic carbocycles. The zero-order chi connectivity index (χ0) is 14.0. The van der Waals surface area contributed by atoms with Gasteiger partial charge < -0.3 is 5.32 Å². The van der Waals surface area contributed by atoms with Gasteiger partial charge in [-0.3, -0.25) is 4.79 Å². The van der Waals surface area contributed by atoms with E-state index in [0.717, 1.165) is 0 Å². The number of anilines is 1. The van der Waals surface area contributed by atoms with Gasteiger partial charge in [-0.2, -0.15) is 15.4 Å². The Hall–Kier alpha value is -1.93. The molecule has 19 heavy (non-hydrogen) atoms. The Morgan fingerprint density at radius 2 is 2.16 bits per heavy atom. The first kappa shape index (κ1) is 13.5. The zero-order valence-electron chi connectivity index (χ0n) is 9.71. The van der Waals surface area contributed by atoms with Gasteiger partial charge in [0.15, 0.2) is 5.69 Å². The van der Waals surface area contributed by atoms with E-state index in [1.54, 1.807) is 6.92 Å². The summed E-state index contributed by atoms with van der Waals surface area (Å²) in [4.78, 5) is 11.7. The molecule has 1 amide bonds. The van der Waals surface area contributed by atoms with Gasteiger partial charge in [0, 0.05) is 16.4 Å². The van der Waals surface area contributed by atoms with Crippen LogP contribution in [0.5, 0.6) is 0 Å². The van der Waals surface area contributed by atoms with Crippen molar-refractivity contribution in [3.8, 4) is 0 Å². The first-order chi connectivity index (χ1) is 8.88. The molecule has 0 spiro atoms. The largest absolute Gasteiger partial charge is 0.321 e. The molecule has 1 heterocycles. The van der Waals surface area contributed by atoms with Crippen LogP contribution in [-0.2, 0) is 9.05 Å². The fraction of sp³-hybridized carbons (Fsp3) is 0.100. The van der Waals surface area contributed by atoms with E-state index < -0.39 is 15.0 Å². The summed E-state index contributed by atoms with van der Waals surface area (Å²) in [7, 11) is 1.48. The van der Waals surface area contributed by atoms with Gasteiger partial charge in [-0.1, -0.05) is 0 Å². The number of hydrogen-bond donors (Lipinski definition) is 2. The highest BCUT2D eigenvalue weighted by Crippen LogP contribution is 2.22. The second-order valence-electron chi connectivity index (χ2n) is 3.73. The summed E-state index contributed by atoms with van der Waals surface area (Å²) < 4.78 is 22.5. The lowest BCUT2D eigenvalue weighted by Crippen LogP contribution is -2.12. The second-order valence-corrected chi connectivity index (χ2v) is 6.26. The second kappa shape index (κ2) is 4.98. The molecule has 1 aromatic heterocycles. The molecule has 0 unspecified atom stereocenters. The van der Waals surface area contributed by atoms with Gasteiger partial charge in [0.1, 0.15) is 0 Å². The average molecular weight is 301 g/mol. The number of amides is 1. The van der Waals surface area contributed by atoms with Crippen molar-refractivity contribution in [3.05, 3.63) is 35.7 Å². The van der Waals surface area contributed by atoms with Crippen LogP contribution in [0.2, 0.25) is 0 Å². The summed E-state index contributed by atoms with van der Waals surface area (Å²) in [5.41, 5.74) is 1.01. The van der Waals surface area contributed by atoms with E-state index >= 15 is 0 Å². The molecular formula is C10H9ClN4O3S. The number of nitrogens with one attached hydrogen (secondary N) is 2. The summed E-state index contributed by atoms with van der Waals surface area (Å²) in [5, 5.41) is 12.0. The van der Waals surface area contributed by atoms with Crippen molar-refractivity contribution in [1.29, 1.82) is 0 Å². The Labute approximate surface area is 113 Å². The molecule has 0 aliphatic heterocycles. The zero-order valence-corrected chi connectivity index (χ0v) is 11.3. The Kier molecular flexibility index (Phi) is 3.54. The minimum absolute atomic E-state index is 0.00796. The number of nitrogens with zero attached hydrogens (tertiary/aromatic N) is 2. The predicted octanol–water partition coefficient (Wildman–Crippen LogP) is 1.29. The molecule has 0 saturated heterocycles. The van der Waals surface area contributed by atoms with Crippen molar-refractivity contribution in [3.63, 3.8) is 0 Å². The summed E-state index contributed by atoms with van der Waals surface area (Å²) in [6.07, 6.45) is 1.28. The molecule has 0 aliphatic rings. The topological polar surface area (TPSA) is 105 Å². The number of aryl methyl sites for hydroxylation is 1. The summed E-state index contributed by atoms with van der Waals surface area (Å²) in [5.74, 6) is -0.449. The van der Waals surface area contributed by atoms with Crippen LogP contribution in [0.1, 0.15) is 16.1 Å². The third-order valence-corrected chi connectivity index (χ3v) is 3.83. The van der Waals surface area contributed by atoms with Crippen molar-refractivity contribution in [2.24, 2.45) is 0 Å². The van der Waals surface area contributed by atoms with Crippen molar-refractivity contribution in [2.45, 2.75) is 11.8 Å². The molecule has 0 atom stereocenters. The number of aromatic amines is 1. The van der Waals surface area contributed by atoms with Crippen LogP contribution >= 0.6 is 10.7 Å². The van der Waals surface area contributed by atoms with Crippen molar-refractivity contribution >= 4 is 31.3 Å². The van der Waals surface area contributed by atoms with E-state index in [2.05, 4.69) is 20.7 Å². The lowest BCUT2D eigenvalue weighted by molar-refractivity contribution is 0.102. The number of benzene rings is 1. The summed E-state index contributed by atoms with van der Waals surface area (Å²) >= 11 is 0. The minimum Gasteiger partial charge on any atom is -0.321 e. The predicted molar refractivity (Wildman–Crippen MR) is 68.6 cm³/mol. The van der Waals surface area contributed by atoms with E-state index in [9.17, 15) is 13.2 Å². The quantitative estimate of drug-likeness (QED) is 0.831. The first-order valence-electron chi connectivity index (χ1n) is 5.10. The Morgan fingerprint density at radius 3 is 2.68 bits per heavy atom. The molecular weight excluding hydrogens is 292 g/mol. The SMILES string of the molecule is Cc1cc(NC(=O)c2cn[nH]n2)ccc1S(=O)(=O)Cl. The van der Waals surface area contributed by atoms with Gasteiger partial charge in [0.25, 0.3) is 15.0 Å². The van der Waals surface area contributed by atoms with Crippen LogP contribution in [0.25, 0.3) is 0 Å². The number of carbonyl (C=O) groups is 1. The maximum absolute atomic E-state index is 11.7. The highest BCUT2D eigenvalue weighted by Gasteiger charge is 2.15. The van der Waals surface area contributed by atoms with E-state index in [1.165, 1.54) is 24.4 Å². The van der Waals surface area contributed by atoms with Gasteiger partial charge in [0.05, 0.1) is 11.1 Å². The monoisotopic (exact) mass is 300 g/mol. The molecule has 2 N–H and O–H groups in total. The van der Waals surface area contributed by atoms with Crippen LogP contribution in [0.15, 0.2) is 29.3 Å². The molecule has 2 rings (SSSR count). The summed E-state index contributed by atoms with van der Waals surface area (Å²) in [6.45, 7) is 1.58. The molecule has 9 heteroatoms. The van der Waals surface area contributed by atoms with Crippen LogP contribution in [0.3, 0.4) is 0 Å². The van der Waals surface area contributed by atoms with Crippen molar-refractivity contribution in [1.82, 2.24) is 15.4 Å².